The molecule has 2 N–H and O–H groups in total. The zero-order valence-corrected chi connectivity index (χ0v) is 12.0. The highest BCUT2D eigenvalue weighted by Gasteiger charge is 2.27. The van der Waals surface area contributed by atoms with Crippen molar-refractivity contribution in [3.8, 4) is 10.4 Å². The average molecular weight is 285 g/mol. The molecule has 0 aromatic carbocycles. The molecule has 7 heteroatoms. The fourth-order valence-corrected chi connectivity index (χ4v) is 3.08. The minimum absolute atomic E-state index is 0.489. The van der Waals surface area contributed by atoms with Gasteiger partial charge in [-0.15, -0.1) is 11.3 Å². The summed E-state index contributed by atoms with van der Waals surface area (Å²) in [6, 6.07) is 3.82. The van der Waals surface area contributed by atoms with Crippen LogP contribution in [0.1, 0.15) is 17.9 Å². The summed E-state index contributed by atoms with van der Waals surface area (Å²) in [6.07, 6.45) is 1.21. The van der Waals surface area contributed by atoms with Crippen molar-refractivity contribution < 1.29 is 8.42 Å². The van der Waals surface area contributed by atoms with Crippen LogP contribution in [0.3, 0.4) is 0 Å². The number of nitrogens with zero attached hydrogens (tertiary/aromatic N) is 2. The Morgan fingerprint density at radius 3 is 2.67 bits per heavy atom. The molecule has 2 heterocycles. The van der Waals surface area contributed by atoms with E-state index in [0.717, 1.165) is 10.4 Å². The molecule has 0 aliphatic rings. The Labute approximate surface area is 110 Å². The SMILES string of the molecule is CC(c1nn(C)c(N)c1-c1cccs1)S(C)(=O)=O. The highest BCUT2D eigenvalue weighted by atomic mass is 32.2. The smallest absolute Gasteiger partial charge is 0.155 e. The van der Waals surface area contributed by atoms with Crippen molar-refractivity contribution in [2.75, 3.05) is 12.0 Å². The van der Waals surface area contributed by atoms with E-state index in [1.807, 2.05) is 17.5 Å². The van der Waals surface area contributed by atoms with Gasteiger partial charge in [-0.1, -0.05) is 6.07 Å². The largest absolute Gasteiger partial charge is 0.383 e. The molecule has 1 unspecified atom stereocenters. The first-order valence-electron chi connectivity index (χ1n) is 5.37. The number of aromatic nitrogens is 2. The van der Waals surface area contributed by atoms with Gasteiger partial charge in [-0.05, 0) is 18.4 Å². The number of rotatable bonds is 3. The van der Waals surface area contributed by atoms with E-state index in [1.54, 1.807) is 14.0 Å². The van der Waals surface area contributed by atoms with Gasteiger partial charge in [-0.2, -0.15) is 5.10 Å². The van der Waals surface area contributed by atoms with Gasteiger partial charge in [-0.3, -0.25) is 4.68 Å². The second kappa shape index (κ2) is 4.40. The number of anilines is 1. The summed E-state index contributed by atoms with van der Waals surface area (Å²) < 4.78 is 24.9. The molecule has 0 fully saturated rings. The van der Waals surface area contributed by atoms with Crippen LogP contribution in [0.4, 0.5) is 5.82 Å². The third-order valence-corrected chi connectivity index (χ3v) is 5.31. The summed E-state index contributed by atoms with van der Waals surface area (Å²) in [7, 11) is -1.49. The number of aryl methyl sites for hydroxylation is 1. The fourth-order valence-electron chi connectivity index (χ4n) is 1.72. The minimum atomic E-state index is -3.20. The van der Waals surface area contributed by atoms with Gasteiger partial charge >= 0.3 is 0 Å². The van der Waals surface area contributed by atoms with Crippen LogP contribution in [0.5, 0.6) is 0 Å². The number of thiophene rings is 1. The van der Waals surface area contributed by atoms with Crippen LogP contribution < -0.4 is 5.73 Å². The molecule has 0 bridgehead atoms. The maximum Gasteiger partial charge on any atom is 0.155 e. The van der Waals surface area contributed by atoms with Gasteiger partial charge in [0.15, 0.2) is 9.84 Å². The van der Waals surface area contributed by atoms with Crippen molar-refractivity contribution >= 4 is 27.0 Å². The first-order valence-corrected chi connectivity index (χ1v) is 8.21. The van der Waals surface area contributed by atoms with Gasteiger partial charge in [0.05, 0.1) is 11.3 Å². The number of sulfone groups is 1. The molecular formula is C11H15N3O2S2. The molecule has 0 amide bonds. The molecule has 18 heavy (non-hydrogen) atoms. The van der Waals surface area contributed by atoms with E-state index in [-0.39, 0.29) is 0 Å². The quantitative estimate of drug-likeness (QED) is 0.933. The van der Waals surface area contributed by atoms with Gasteiger partial charge in [0.2, 0.25) is 0 Å². The molecule has 1 atom stereocenters. The standard InChI is InChI=1S/C11H15N3O2S2/c1-7(18(3,15)16)10-9(8-5-4-6-17-8)11(12)14(2)13-10/h4-7H,12H2,1-3H3. The summed E-state index contributed by atoms with van der Waals surface area (Å²) in [4.78, 5) is 0.936. The lowest BCUT2D eigenvalue weighted by Crippen LogP contribution is -2.09. The van der Waals surface area contributed by atoms with E-state index in [0.29, 0.717) is 11.5 Å². The van der Waals surface area contributed by atoms with E-state index in [2.05, 4.69) is 5.10 Å². The maximum absolute atomic E-state index is 11.7. The summed E-state index contributed by atoms with van der Waals surface area (Å²) in [5.41, 5.74) is 7.23. The highest BCUT2D eigenvalue weighted by Crippen LogP contribution is 2.37. The highest BCUT2D eigenvalue weighted by molar-refractivity contribution is 7.90. The van der Waals surface area contributed by atoms with Crippen molar-refractivity contribution in [2.24, 2.45) is 7.05 Å². The molecule has 5 nitrogen and oxygen atoms in total. The predicted octanol–water partition coefficient (Wildman–Crippen LogP) is 1.84. The number of hydrogen-bond donors (Lipinski definition) is 1. The molecule has 2 rings (SSSR count). The Hall–Kier alpha value is -1.34. The van der Waals surface area contributed by atoms with Crippen LogP contribution in [-0.4, -0.2) is 24.5 Å². The van der Waals surface area contributed by atoms with E-state index < -0.39 is 15.1 Å². The predicted molar refractivity (Wildman–Crippen MR) is 74.2 cm³/mol. The molecule has 0 radical (unpaired) electrons. The summed E-state index contributed by atoms with van der Waals surface area (Å²) in [5, 5.41) is 5.51. The molecule has 0 spiro atoms. The lowest BCUT2D eigenvalue weighted by atomic mass is 10.1. The van der Waals surface area contributed by atoms with E-state index in [1.165, 1.54) is 22.3 Å². The van der Waals surface area contributed by atoms with Crippen molar-refractivity contribution in [3.05, 3.63) is 23.2 Å². The topological polar surface area (TPSA) is 78.0 Å². The Balaban J connectivity index is 2.66. The van der Waals surface area contributed by atoms with E-state index >= 15 is 0 Å². The molecule has 0 saturated heterocycles. The first-order chi connectivity index (χ1) is 8.32. The minimum Gasteiger partial charge on any atom is -0.383 e. The molecule has 0 saturated carbocycles. The molecule has 2 aromatic rings. The number of nitrogens with two attached hydrogens (primary N) is 1. The second-order valence-electron chi connectivity index (χ2n) is 4.22. The summed E-state index contributed by atoms with van der Waals surface area (Å²) in [6.45, 7) is 1.63. The van der Waals surface area contributed by atoms with Crippen LogP contribution in [0.25, 0.3) is 10.4 Å². The summed E-state index contributed by atoms with van der Waals surface area (Å²) >= 11 is 1.52. The van der Waals surface area contributed by atoms with Gasteiger partial charge in [-0.25, -0.2) is 8.42 Å². The normalized spacial score (nSPS) is 13.7. The lowest BCUT2D eigenvalue weighted by molar-refractivity contribution is 0.589. The lowest BCUT2D eigenvalue weighted by Gasteiger charge is -2.08. The molecule has 0 aliphatic carbocycles. The Morgan fingerprint density at radius 2 is 2.17 bits per heavy atom. The number of hydrogen-bond acceptors (Lipinski definition) is 5. The maximum atomic E-state index is 11.7. The van der Waals surface area contributed by atoms with Gasteiger partial charge < -0.3 is 5.73 Å². The fraction of sp³-hybridized carbons (Fsp3) is 0.364. The second-order valence-corrected chi connectivity index (χ2v) is 7.53. The van der Waals surface area contributed by atoms with Crippen LogP contribution in [0.2, 0.25) is 0 Å². The molecular weight excluding hydrogens is 270 g/mol. The summed E-state index contributed by atoms with van der Waals surface area (Å²) in [5.74, 6) is 0.489. The van der Waals surface area contributed by atoms with Gasteiger partial charge in [0, 0.05) is 18.2 Å². The third kappa shape index (κ3) is 2.15. The number of nitrogen functional groups attached to an aromatic ring is 1. The zero-order chi connectivity index (χ0) is 13.5. The van der Waals surface area contributed by atoms with E-state index in [9.17, 15) is 8.42 Å². The van der Waals surface area contributed by atoms with Crippen LogP contribution in [0.15, 0.2) is 17.5 Å². The van der Waals surface area contributed by atoms with Crippen molar-refractivity contribution in [2.45, 2.75) is 12.2 Å². The van der Waals surface area contributed by atoms with Gasteiger partial charge in [0.25, 0.3) is 0 Å². The average Bonchev–Trinajstić information content (AvgIpc) is 2.86. The Kier molecular flexibility index (Phi) is 3.20. The van der Waals surface area contributed by atoms with Crippen LogP contribution in [-0.2, 0) is 16.9 Å². The van der Waals surface area contributed by atoms with E-state index in [4.69, 9.17) is 5.73 Å². The van der Waals surface area contributed by atoms with Crippen molar-refractivity contribution in [1.82, 2.24) is 9.78 Å². The van der Waals surface area contributed by atoms with Crippen molar-refractivity contribution in [3.63, 3.8) is 0 Å². The van der Waals surface area contributed by atoms with Crippen LogP contribution in [0, 0.1) is 0 Å². The van der Waals surface area contributed by atoms with Crippen molar-refractivity contribution in [1.29, 1.82) is 0 Å². The Morgan fingerprint density at radius 1 is 1.50 bits per heavy atom. The molecule has 0 aliphatic heterocycles. The molecule has 2 aromatic heterocycles. The third-order valence-electron chi connectivity index (χ3n) is 2.91. The molecule has 98 valence electrons. The first kappa shape index (κ1) is 13.1. The van der Waals surface area contributed by atoms with Crippen LogP contribution >= 0.6 is 11.3 Å². The monoisotopic (exact) mass is 285 g/mol. The zero-order valence-electron chi connectivity index (χ0n) is 10.4. The Bertz CT molecular complexity index is 657. The van der Waals surface area contributed by atoms with Gasteiger partial charge in [0.1, 0.15) is 11.1 Å².